The number of nitrogens with one attached hydrogen (secondary N) is 2. The number of hydrogen-bond acceptors (Lipinski definition) is 3. The maximum absolute atomic E-state index is 13.1. The van der Waals surface area contributed by atoms with Crippen LogP contribution in [0, 0.1) is 5.82 Å². The van der Waals surface area contributed by atoms with Crippen molar-refractivity contribution in [1.82, 2.24) is 15.3 Å². The van der Waals surface area contributed by atoms with Crippen molar-refractivity contribution in [2.24, 2.45) is 0 Å². The van der Waals surface area contributed by atoms with Crippen LogP contribution in [0.25, 0.3) is 33.1 Å². The summed E-state index contributed by atoms with van der Waals surface area (Å²) in [6.45, 7) is 2.88. The van der Waals surface area contributed by atoms with E-state index in [1.54, 1.807) is 12.1 Å². The molecule has 5 aromatic rings. The summed E-state index contributed by atoms with van der Waals surface area (Å²) in [6, 6.07) is 23.8. The maximum Gasteiger partial charge on any atom is 0.269 e. The van der Waals surface area contributed by atoms with Crippen molar-refractivity contribution < 1.29 is 13.9 Å². The number of H-pyrrole nitrogens is 1. The van der Waals surface area contributed by atoms with Crippen LogP contribution in [-0.4, -0.2) is 29.0 Å². The van der Waals surface area contributed by atoms with Gasteiger partial charge in [0.2, 0.25) is 0 Å². The van der Waals surface area contributed by atoms with Gasteiger partial charge in [0.15, 0.2) is 0 Å². The molecule has 2 N–H and O–H groups in total. The number of ether oxygens (including phenoxy) is 1. The minimum absolute atomic E-state index is 0.260. The highest BCUT2D eigenvalue weighted by molar-refractivity contribution is 6.13. The standard InChI is InChI=1S/C28H24FN3O2/c1-2-34-25-10-6-4-8-21(25)26-27-22(20-7-3-5-9-23(20)31-27)17-24(32-26)28(33)30-16-15-18-11-13-19(29)14-12-18/h3-14,17,31H,2,15-16H2,1H3,(H,30,33). The van der Waals surface area contributed by atoms with Gasteiger partial charge in [-0.1, -0.05) is 42.5 Å². The summed E-state index contributed by atoms with van der Waals surface area (Å²) in [5, 5.41) is 4.90. The molecule has 0 aliphatic rings. The van der Waals surface area contributed by atoms with E-state index >= 15 is 0 Å². The Morgan fingerprint density at radius 3 is 2.59 bits per heavy atom. The molecule has 2 heterocycles. The number of amides is 1. The Bertz CT molecular complexity index is 1470. The van der Waals surface area contributed by atoms with Crippen molar-refractivity contribution in [3.05, 3.63) is 95.9 Å². The summed E-state index contributed by atoms with van der Waals surface area (Å²) in [4.78, 5) is 21.4. The quantitative estimate of drug-likeness (QED) is 0.323. The lowest BCUT2D eigenvalue weighted by molar-refractivity contribution is 0.0949. The minimum atomic E-state index is -0.274. The van der Waals surface area contributed by atoms with Gasteiger partial charge in [0.05, 0.1) is 17.8 Å². The molecule has 0 fully saturated rings. The van der Waals surface area contributed by atoms with Gasteiger partial charge in [-0.3, -0.25) is 4.79 Å². The van der Waals surface area contributed by atoms with Crippen LogP contribution in [0.4, 0.5) is 4.39 Å². The average Bonchev–Trinajstić information content (AvgIpc) is 3.24. The number of carbonyl (C=O) groups excluding carboxylic acids is 1. The second-order valence-electron chi connectivity index (χ2n) is 8.01. The van der Waals surface area contributed by atoms with Gasteiger partial charge in [-0.25, -0.2) is 9.37 Å². The normalized spacial score (nSPS) is 11.1. The van der Waals surface area contributed by atoms with Crippen LogP contribution in [0.15, 0.2) is 78.9 Å². The summed E-state index contributed by atoms with van der Waals surface area (Å²) in [6.07, 6.45) is 0.599. The number of aromatic amines is 1. The van der Waals surface area contributed by atoms with E-state index in [1.807, 2.05) is 61.5 Å². The number of nitrogens with zero attached hydrogens (tertiary/aromatic N) is 1. The summed E-state index contributed by atoms with van der Waals surface area (Å²) in [7, 11) is 0. The molecular weight excluding hydrogens is 429 g/mol. The van der Waals surface area contributed by atoms with Crippen molar-refractivity contribution in [1.29, 1.82) is 0 Å². The van der Waals surface area contributed by atoms with E-state index in [9.17, 15) is 9.18 Å². The van der Waals surface area contributed by atoms with E-state index in [1.165, 1.54) is 12.1 Å². The van der Waals surface area contributed by atoms with Gasteiger partial charge in [-0.05, 0) is 55.3 Å². The van der Waals surface area contributed by atoms with Crippen molar-refractivity contribution in [2.75, 3.05) is 13.2 Å². The first-order valence-electron chi connectivity index (χ1n) is 11.3. The Labute approximate surface area is 196 Å². The number of benzene rings is 3. The molecule has 5 nitrogen and oxygen atoms in total. The fraction of sp³-hybridized carbons (Fsp3) is 0.143. The lowest BCUT2D eigenvalue weighted by atomic mass is 10.1. The SMILES string of the molecule is CCOc1ccccc1-c1nc(C(=O)NCCc2ccc(F)cc2)cc2c1[nH]c1ccccc12. The summed E-state index contributed by atoms with van der Waals surface area (Å²) >= 11 is 0. The topological polar surface area (TPSA) is 67.0 Å². The number of rotatable bonds is 7. The Morgan fingerprint density at radius 1 is 1.00 bits per heavy atom. The molecule has 0 radical (unpaired) electrons. The first-order chi connectivity index (χ1) is 16.6. The monoisotopic (exact) mass is 453 g/mol. The maximum atomic E-state index is 13.1. The van der Waals surface area contributed by atoms with Gasteiger partial charge in [-0.15, -0.1) is 0 Å². The predicted octanol–water partition coefficient (Wildman–Crippen LogP) is 5.89. The van der Waals surface area contributed by atoms with E-state index < -0.39 is 0 Å². The van der Waals surface area contributed by atoms with Crippen LogP contribution in [0.3, 0.4) is 0 Å². The van der Waals surface area contributed by atoms with E-state index in [0.29, 0.717) is 36.7 Å². The van der Waals surface area contributed by atoms with Crippen LogP contribution in [-0.2, 0) is 6.42 Å². The molecule has 1 amide bonds. The van der Waals surface area contributed by atoms with E-state index in [2.05, 4.69) is 10.3 Å². The van der Waals surface area contributed by atoms with Crippen molar-refractivity contribution >= 4 is 27.7 Å². The zero-order valence-electron chi connectivity index (χ0n) is 18.8. The molecule has 3 aromatic carbocycles. The third kappa shape index (κ3) is 4.22. The Kier molecular flexibility index (Phi) is 5.95. The van der Waals surface area contributed by atoms with Gasteiger partial charge < -0.3 is 15.0 Å². The molecule has 0 unspecified atom stereocenters. The smallest absolute Gasteiger partial charge is 0.269 e. The molecule has 6 heteroatoms. The lowest BCUT2D eigenvalue weighted by Crippen LogP contribution is -2.26. The molecular formula is C28H24FN3O2. The van der Waals surface area contributed by atoms with Crippen LogP contribution in [0.5, 0.6) is 5.75 Å². The number of para-hydroxylation sites is 2. The molecule has 0 spiro atoms. The molecule has 0 aliphatic heterocycles. The van der Waals surface area contributed by atoms with E-state index in [0.717, 1.165) is 32.9 Å². The van der Waals surface area contributed by atoms with Crippen LogP contribution in [0.2, 0.25) is 0 Å². The molecule has 34 heavy (non-hydrogen) atoms. The van der Waals surface area contributed by atoms with Crippen LogP contribution >= 0.6 is 0 Å². The number of carbonyl (C=O) groups is 1. The number of halogens is 1. The zero-order chi connectivity index (χ0) is 23.5. The molecule has 0 aliphatic carbocycles. The summed E-state index contributed by atoms with van der Waals surface area (Å²) in [5.41, 5.74) is 4.61. The van der Waals surface area contributed by atoms with Crippen molar-refractivity contribution in [2.45, 2.75) is 13.3 Å². The number of aromatic nitrogens is 2. The first kappa shape index (κ1) is 21.6. The fourth-order valence-electron chi connectivity index (χ4n) is 4.16. The minimum Gasteiger partial charge on any atom is -0.493 e. The number of pyridine rings is 1. The highest BCUT2D eigenvalue weighted by atomic mass is 19.1. The van der Waals surface area contributed by atoms with Crippen LogP contribution in [0.1, 0.15) is 23.0 Å². The first-order valence-corrected chi connectivity index (χ1v) is 11.3. The molecule has 2 aromatic heterocycles. The number of fused-ring (bicyclic) bond motifs is 3. The molecule has 5 rings (SSSR count). The average molecular weight is 454 g/mol. The van der Waals surface area contributed by atoms with Crippen LogP contribution < -0.4 is 10.1 Å². The highest BCUT2D eigenvalue weighted by Gasteiger charge is 2.19. The Hall–Kier alpha value is -4.19. The lowest BCUT2D eigenvalue weighted by Gasteiger charge is -2.12. The Balaban J connectivity index is 1.54. The molecule has 0 saturated heterocycles. The van der Waals surface area contributed by atoms with Gasteiger partial charge >= 0.3 is 0 Å². The largest absolute Gasteiger partial charge is 0.493 e. The van der Waals surface area contributed by atoms with Crippen molar-refractivity contribution in [3.63, 3.8) is 0 Å². The van der Waals surface area contributed by atoms with Gasteiger partial charge in [-0.2, -0.15) is 0 Å². The second-order valence-corrected chi connectivity index (χ2v) is 8.01. The summed E-state index contributed by atoms with van der Waals surface area (Å²) < 4.78 is 19.0. The molecule has 0 bridgehead atoms. The van der Waals surface area contributed by atoms with E-state index in [4.69, 9.17) is 9.72 Å². The summed E-state index contributed by atoms with van der Waals surface area (Å²) in [5.74, 6) is 0.180. The van der Waals surface area contributed by atoms with Gasteiger partial charge in [0.1, 0.15) is 17.3 Å². The van der Waals surface area contributed by atoms with E-state index in [-0.39, 0.29) is 11.7 Å². The third-order valence-corrected chi connectivity index (χ3v) is 5.78. The molecule has 0 atom stereocenters. The fourth-order valence-corrected chi connectivity index (χ4v) is 4.16. The highest BCUT2D eigenvalue weighted by Crippen LogP contribution is 2.36. The zero-order valence-corrected chi connectivity index (χ0v) is 18.8. The van der Waals surface area contributed by atoms with Gasteiger partial charge in [0, 0.05) is 28.4 Å². The van der Waals surface area contributed by atoms with Gasteiger partial charge in [0.25, 0.3) is 5.91 Å². The number of hydrogen-bond donors (Lipinski definition) is 2. The second kappa shape index (κ2) is 9.35. The Morgan fingerprint density at radius 2 is 1.76 bits per heavy atom. The third-order valence-electron chi connectivity index (χ3n) is 5.78. The molecule has 170 valence electrons. The predicted molar refractivity (Wildman–Crippen MR) is 133 cm³/mol. The van der Waals surface area contributed by atoms with Crippen molar-refractivity contribution in [3.8, 4) is 17.0 Å². The molecule has 0 saturated carbocycles.